The normalized spacial score (nSPS) is 19.5. The van der Waals surface area contributed by atoms with Crippen LogP contribution in [0.2, 0.25) is 0 Å². The van der Waals surface area contributed by atoms with Crippen LogP contribution in [0.4, 0.5) is 0 Å². The first-order valence-electron chi connectivity index (χ1n) is 29.1. The molecule has 0 saturated carbocycles. The molecule has 0 atom stereocenters. The van der Waals surface area contributed by atoms with Crippen molar-refractivity contribution in [3.63, 3.8) is 0 Å². The van der Waals surface area contributed by atoms with E-state index in [1.165, 1.54) is 0 Å². The highest BCUT2D eigenvalue weighted by Gasteiger charge is 2.20. The monoisotopic (exact) mass is 687 g/mol. The van der Waals surface area contributed by atoms with Crippen molar-refractivity contribution in [1.29, 1.82) is 0 Å². The maximum Gasteiger partial charge on any atom is 0.178 e. The van der Waals surface area contributed by atoms with Crippen LogP contribution in [0, 0.1) is 0 Å². The molecule has 0 aliphatic rings. The van der Waals surface area contributed by atoms with Gasteiger partial charge in [0.2, 0.25) is 0 Å². The number of hydrogen-bond acceptors (Lipinski definition) is 2. The summed E-state index contributed by atoms with van der Waals surface area (Å²) in [7, 11) is 0. The number of rotatable bonds is 2. The molecule has 10 aromatic carbocycles. The lowest BCUT2D eigenvalue weighted by Gasteiger charge is -2.18. The number of fused-ring (bicyclic) bond motifs is 15. The lowest BCUT2D eigenvalue weighted by molar-refractivity contribution is 0.633. The average molecular weight is 688 g/mol. The molecule has 2 nitrogen and oxygen atoms in total. The third-order valence-electron chi connectivity index (χ3n) is 9.20. The summed E-state index contributed by atoms with van der Waals surface area (Å²) in [5.74, 6) is 0. The van der Waals surface area contributed by atoms with Gasteiger partial charge in [0.1, 0.15) is 11.2 Å². The zero-order chi connectivity index (χ0) is 57.4. The largest absolute Gasteiger partial charge is 0.452 e. The Morgan fingerprint density at radius 2 is 0.692 bits per heavy atom. The Hall–Kier alpha value is -6.90. The third kappa shape index (κ3) is 3.73. The summed E-state index contributed by atoms with van der Waals surface area (Å²) in [6, 6.07) is -21.2. The van der Waals surface area contributed by atoms with Gasteiger partial charge in [0.15, 0.2) is 11.2 Å². The van der Waals surface area contributed by atoms with E-state index in [0.29, 0.717) is 0 Å². The summed E-state index contributed by atoms with van der Waals surface area (Å²) >= 11 is 0. The molecule has 0 N–H and O–H groups in total. The molecule has 240 valence electrons. The molecule has 0 amide bonds. The van der Waals surface area contributed by atoms with E-state index in [4.69, 9.17) is 30.8 Å². The molecule has 0 aliphatic carbocycles. The quantitative estimate of drug-likeness (QED) is 0.134. The fraction of sp³-hybridized carbons (Fsp3) is 0. The van der Waals surface area contributed by atoms with E-state index >= 15 is 0 Å². The van der Waals surface area contributed by atoms with Gasteiger partial charge in [-0.1, -0.05) is 133 Å². The van der Waals surface area contributed by atoms with E-state index in [0.717, 1.165) is 6.07 Å². The van der Waals surface area contributed by atoms with Crippen molar-refractivity contribution in [2.75, 3.05) is 0 Å². The Morgan fingerprint density at radius 1 is 0.288 bits per heavy atom. The van der Waals surface area contributed by atoms with E-state index in [1.54, 1.807) is 0 Å². The van der Waals surface area contributed by atoms with Crippen LogP contribution in [0.15, 0.2) is 178 Å². The zero-order valence-corrected chi connectivity index (χ0v) is 25.9. The molecule has 12 aromatic rings. The van der Waals surface area contributed by atoms with Gasteiger partial charge in [-0.2, -0.15) is 0 Å². The van der Waals surface area contributed by atoms with Crippen LogP contribution in [0.5, 0.6) is 0 Å². The molecule has 2 heteroatoms. The first-order chi connectivity index (χ1) is 37.0. The van der Waals surface area contributed by atoms with Crippen LogP contribution in [0.25, 0.3) is 120 Å². The number of para-hydroxylation sites is 1. The second kappa shape index (κ2) is 10.3. The molecule has 2 heterocycles. The molecule has 0 spiro atoms. The van der Waals surface area contributed by atoms with Crippen molar-refractivity contribution in [2.24, 2.45) is 0 Å². The Kier molecular flexibility index (Phi) is 2.52. The van der Waals surface area contributed by atoms with E-state index in [9.17, 15) is 15.1 Å². The van der Waals surface area contributed by atoms with Gasteiger partial charge in [-0.25, -0.2) is 0 Å². The number of furan rings is 2. The van der Waals surface area contributed by atoms with Crippen molar-refractivity contribution >= 4 is 97.7 Å². The minimum atomic E-state index is -0.977. The molecule has 0 radical (unpaired) electrons. The van der Waals surface area contributed by atoms with Gasteiger partial charge in [-0.15, -0.1) is 0 Å². The highest BCUT2D eigenvalue weighted by molar-refractivity contribution is 6.28. The van der Waals surface area contributed by atoms with E-state index < -0.39 is 256 Å². The lowest BCUT2D eigenvalue weighted by atomic mass is 9.85. The zero-order valence-electron chi connectivity index (χ0n) is 52.9. The Bertz CT molecular complexity index is 4960. The van der Waals surface area contributed by atoms with E-state index in [1.807, 2.05) is 0 Å². The van der Waals surface area contributed by atoms with Gasteiger partial charge in [0.05, 0.1) is 37.0 Å². The van der Waals surface area contributed by atoms with Crippen LogP contribution < -0.4 is 0 Å². The summed E-state index contributed by atoms with van der Waals surface area (Å²) in [6.07, 6.45) is 0. The Morgan fingerprint density at radius 3 is 1.33 bits per heavy atom. The maximum atomic E-state index is 10.1. The van der Waals surface area contributed by atoms with Crippen LogP contribution in [-0.2, 0) is 0 Å². The number of hydrogen-bond donors (Lipinski definition) is 0. The molecular formula is C50H28O2. The summed E-state index contributed by atoms with van der Waals surface area (Å²) < 4.78 is 258. The third-order valence-corrected chi connectivity index (χ3v) is 9.20. The molecular weight excluding hydrogens is 633 g/mol. The van der Waals surface area contributed by atoms with Gasteiger partial charge < -0.3 is 8.83 Å². The first kappa shape index (κ1) is 12.7. The van der Waals surface area contributed by atoms with Crippen molar-refractivity contribution < 1.29 is 45.8 Å². The molecule has 12 rings (SSSR count). The minimum absolute atomic E-state index is 0.243. The summed E-state index contributed by atoms with van der Waals surface area (Å²) in [5, 5.41) is -6.60. The smallest absolute Gasteiger partial charge is 0.178 e. The second-order valence-corrected chi connectivity index (χ2v) is 11.8. The van der Waals surface area contributed by atoms with Crippen LogP contribution in [0.3, 0.4) is 0 Å². The van der Waals surface area contributed by atoms with Crippen molar-refractivity contribution in [1.82, 2.24) is 0 Å². The van der Waals surface area contributed by atoms with Gasteiger partial charge in [-0.05, 0) is 112 Å². The van der Waals surface area contributed by atoms with Gasteiger partial charge >= 0.3 is 0 Å². The fourth-order valence-electron chi connectivity index (χ4n) is 7.01. The average Bonchev–Trinajstić information content (AvgIpc) is 2.82. The summed E-state index contributed by atoms with van der Waals surface area (Å²) in [4.78, 5) is 0. The summed E-state index contributed by atoms with van der Waals surface area (Å²) in [5.41, 5.74) is -4.79. The van der Waals surface area contributed by atoms with Crippen LogP contribution in [0.1, 0.15) is 37.0 Å². The Labute approximate surface area is 335 Å². The molecule has 0 bridgehead atoms. The topological polar surface area (TPSA) is 26.3 Å². The van der Waals surface area contributed by atoms with Crippen LogP contribution >= 0.6 is 0 Å². The minimum Gasteiger partial charge on any atom is -0.452 e. The molecule has 0 unspecified atom stereocenters. The van der Waals surface area contributed by atoms with Crippen molar-refractivity contribution in [3.05, 3.63) is 169 Å². The predicted molar refractivity (Wildman–Crippen MR) is 219 cm³/mol. The van der Waals surface area contributed by atoms with Gasteiger partial charge in [0, 0.05) is 21.5 Å². The van der Waals surface area contributed by atoms with E-state index in [-0.39, 0.29) is 26.9 Å². The number of benzene rings is 10. The summed E-state index contributed by atoms with van der Waals surface area (Å²) in [6.45, 7) is 0. The maximum absolute atomic E-state index is 10.1. The van der Waals surface area contributed by atoms with Crippen LogP contribution in [-0.4, -0.2) is 0 Å². The molecule has 0 fully saturated rings. The standard InChI is InChI=1S/C50H28O2/c1-2-13-33-31(11-1)32-12-3-4-14-34(32)44-27-29(21-23-35(33)44)47-38-16-5-7-18-40(38)48(41-19-8-6-17-39(41)47)30-22-24-37-43-26-25-42-36-15-9-10-20-45(36)51-49(42)50(43)52-46(37)28-30/h1-28H/i1D,2D,3D,4D,5D,6D,7D,8D,9D,10D,11D,12D,14D,15D,16D,17D,18D,19D,20D,21D,22D,23D,24D,25D,26D,27D,28D. The first-order valence-corrected chi connectivity index (χ1v) is 15.6. The van der Waals surface area contributed by atoms with Crippen molar-refractivity contribution in [3.8, 4) is 22.3 Å². The molecule has 52 heavy (non-hydrogen) atoms. The van der Waals surface area contributed by atoms with E-state index in [2.05, 4.69) is 0 Å². The fourth-order valence-corrected chi connectivity index (χ4v) is 7.01. The molecule has 2 aromatic heterocycles. The molecule has 0 aliphatic heterocycles. The Balaban J connectivity index is 1.33. The van der Waals surface area contributed by atoms with Gasteiger partial charge in [0.25, 0.3) is 0 Å². The highest BCUT2D eigenvalue weighted by Crippen LogP contribution is 2.47. The molecule has 0 saturated heterocycles. The SMILES string of the molecule is [2H]c1cc2c(c([2H])c1[2H])c1c([2H])c([2H])c([2H])c([2H])c1c1c([2H])c(-c3c4c([2H])c([2H])c([2H])c([2H])c4c(-c4c([2H])c([2H])c5c(oc6c7oc8c([2H])c([2H])c([2H])c([2H])c8c7c([2H])c([2H])c65)c4[2H])c4c([2H])c([2H])c([2H])c([2H])c34)c([2H])c([2H])c21. The lowest BCUT2D eigenvalue weighted by Crippen LogP contribution is -1.91. The highest BCUT2D eigenvalue weighted by atomic mass is 16.4. The second-order valence-electron chi connectivity index (χ2n) is 11.8. The van der Waals surface area contributed by atoms with Gasteiger partial charge in [-0.3, -0.25) is 0 Å². The van der Waals surface area contributed by atoms with Crippen molar-refractivity contribution in [2.45, 2.75) is 0 Å². The predicted octanol–water partition coefficient (Wildman–Crippen LogP) is 14.6.